The SMILES string of the molecule is Oc1cc(F)cc(-c2nccc3[nH]c(-c4n[nH]c5cnc(-c6cncc(CNCc7ccccc7)c6)cc45)nc23)c1. The number of H-pyrrole nitrogens is 2. The van der Waals surface area contributed by atoms with Crippen LogP contribution in [0.4, 0.5) is 4.39 Å². The Bertz CT molecular complexity index is 2000. The lowest BCUT2D eigenvalue weighted by atomic mass is 10.1. The molecule has 0 bridgehead atoms. The first-order chi connectivity index (χ1) is 20.1. The second kappa shape index (κ2) is 10.2. The van der Waals surface area contributed by atoms with Gasteiger partial charge in [0.15, 0.2) is 5.82 Å². The van der Waals surface area contributed by atoms with Gasteiger partial charge in [-0.15, -0.1) is 0 Å². The smallest absolute Gasteiger partial charge is 0.159 e. The van der Waals surface area contributed by atoms with Crippen LogP contribution in [0.2, 0.25) is 0 Å². The number of rotatable bonds is 7. The third-order valence-electron chi connectivity index (χ3n) is 6.82. The zero-order valence-corrected chi connectivity index (χ0v) is 21.6. The maximum absolute atomic E-state index is 14.0. The molecule has 0 amide bonds. The quantitative estimate of drug-likeness (QED) is 0.202. The summed E-state index contributed by atoms with van der Waals surface area (Å²) in [4.78, 5) is 21.6. The summed E-state index contributed by atoms with van der Waals surface area (Å²) >= 11 is 0. The number of fused-ring (bicyclic) bond motifs is 2. The van der Waals surface area contributed by atoms with Crippen molar-refractivity contribution in [2.24, 2.45) is 0 Å². The lowest BCUT2D eigenvalue weighted by molar-refractivity contribution is 0.469. The van der Waals surface area contributed by atoms with Crippen molar-refractivity contribution < 1.29 is 9.50 Å². The predicted molar refractivity (Wildman–Crippen MR) is 154 cm³/mol. The number of aromatic nitrogens is 7. The van der Waals surface area contributed by atoms with Crippen LogP contribution >= 0.6 is 0 Å². The van der Waals surface area contributed by atoms with E-state index in [9.17, 15) is 9.50 Å². The predicted octanol–water partition coefficient (Wildman–Crippen LogP) is 5.76. The van der Waals surface area contributed by atoms with Crippen molar-refractivity contribution in [1.29, 1.82) is 0 Å². The number of pyridine rings is 3. The van der Waals surface area contributed by atoms with Crippen molar-refractivity contribution in [3.8, 4) is 39.8 Å². The Morgan fingerprint density at radius 1 is 0.805 bits per heavy atom. The Labute approximate surface area is 233 Å². The molecule has 10 heteroatoms. The van der Waals surface area contributed by atoms with E-state index in [1.54, 1.807) is 24.7 Å². The number of benzene rings is 2. The van der Waals surface area contributed by atoms with Crippen LogP contribution in [0.25, 0.3) is 56.0 Å². The van der Waals surface area contributed by atoms with E-state index in [1.165, 1.54) is 17.7 Å². The highest BCUT2D eigenvalue weighted by Gasteiger charge is 2.17. The molecular formula is C31H23FN8O. The van der Waals surface area contributed by atoms with Gasteiger partial charge in [-0.25, -0.2) is 9.37 Å². The van der Waals surface area contributed by atoms with E-state index in [0.29, 0.717) is 40.4 Å². The van der Waals surface area contributed by atoms with E-state index in [1.807, 2.05) is 30.5 Å². The highest BCUT2D eigenvalue weighted by atomic mass is 19.1. The third kappa shape index (κ3) is 4.88. The Balaban J connectivity index is 1.21. The second-order valence-corrected chi connectivity index (χ2v) is 9.70. The highest BCUT2D eigenvalue weighted by molar-refractivity contribution is 5.96. The van der Waals surface area contributed by atoms with E-state index in [-0.39, 0.29) is 5.75 Å². The normalized spacial score (nSPS) is 11.4. The van der Waals surface area contributed by atoms with Crippen LogP contribution in [0.15, 0.2) is 91.5 Å². The van der Waals surface area contributed by atoms with Crippen LogP contribution in [0.5, 0.6) is 5.75 Å². The molecule has 7 aromatic rings. The summed E-state index contributed by atoms with van der Waals surface area (Å²) in [5.74, 6) is -0.216. The van der Waals surface area contributed by atoms with Gasteiger partial charge in [-0.3, -0.25) is 20.1 Å². The number of phenolic OH excluding ortho intramolecular Hbond substituents is 1. The molecule has 200 valence electrons. The number of hydrogen-bond donors (Lipinski definition) is 4. The molecule has 0 saturated heterocycles. The van der Waals surface area contributed by atoms with Gasteiger partial charge in [0, 0.05) is 54.3 Å². The number of imidazole rings is 1. The van der Waals surface area contributed by atoms with Gasteiger partial charge < -0.3 is 15.4 Å². The Hall–Kier alpha value is -5.48. The summed E-state index contributed by atoms with van der Waals surface area (Å²) in [5, 5.41) is 21.7. The van der Waals surface area contributed by atoms with Gasteiger partial charge in [-0.2, -0.15) is 5.10 Å². The van der Waals surface area contributed by atoms with Crippen LogP contribution in [0.1, 0.15) is 11.1 Å². The fraction of sp³-hybridized carbons (Fsp3) is 0.0645. The number of phenols is 1. The summed E-state index contributed by atoms with van der Waals surface area (Å²) in [6.07, 6.45) is 7.00. The summed E-state index contributed by atoms with van der Waals surface area (Å²) in [6, 6.07) is 19.9. The maximum atomic E-state index is 14.0. The van der Waals surface area contributed by atoms with Crippen molar-refractivity contribution in [3.05, 3.63) is 108 Å². The van der Waals surface area contributed by atoms with E-state index >= 15 is 0 Å². The number of nitrogens with zero attached hydrogens (tertiary/aromatic N) is 5. The molecule has 0 atom stereocenters. The number of aromatic hydroxyl groups is 1. The summed E-state index contributed by atoms with van der Waals surface area (Å²) in [6.45, 7) is 1.44. The van der Waals surface area contributed by atoms with E-state index in [0.717, 1.165) is 40.3 Å². The van der Waals surface area contributed by atoms with Gasteiger partial charge >= 0.3 is 0 Å². The molecule has 5 heterocycles. The minimum absolute atomic E-state index is 0.182. The number of halogens is 1. The summed E-state index contributed by atoms with van der Waals surface area (Å²) in [7, 11) is 0. The van der Waals surface area contributed by atoms with Gasteiger partial charge in [-0.1, -0.05) is 30.3 Å². The van der Waals surface area contributed by atoms with Crippen molar-refractivity contribution >= 4 is 21.9 Å². The molecule has 4 N–H and O–H groups in total. The number of hydrogen-bond acceptors (Lipinski definition) is 7. The molecule has 2 aromatic carbocycles. The molecule has 7 rings (SSSR count). The molecule has 0 spiro atoms. The molecule has 9 nitrogen and oxygen atoms in total. The van der Waals surface area contributed by atoms with Crippen LogP contribution in [0, 0.1) is 5.82 Å². The Morgan fingerprint density at radius 3 is 2.56 bits per heavy atom. The lowest BCUT2D eigenvalue weighted by Gasteiger charge is -2.07. The minimum atomic E-state index is -0.557. The maximum Gasteiger partial charge on any atom is 0.159 e. The van der Waals surface area contributed by atoms with Crippen LogP contribution in [-0.4, -0.2) is 40.2 Å². The first kappa shape index (κ1) is 24.6. The number of aromatic amines is 2. The standard InChI is InChI=1S/C31H23FN8O/c32-22-9-20(10-23(41)11-22)28-30-25(6-7-35-28)37-31(38-30)29-24-12-26(36-17-27(24)39-40-29)21-8-19(15-34-16-21)14-33-13-18-4-2-1-3-5-18/h1-12,15-17,33,41H,13-14H2,(H,37,38)(H,39,40). The molecule has 41 heavy (non-hydrogen) atoms. The zero-order valence-electron chi connectivity index (χ0n) is 21.6. The van der Waals surface area contributed by atoms with Gasteiger partial charge in [0.2, 0.25) is 0 Å². The molecule has 0 fully saturated rings. The second-order valence-electron chi connectivity index (χ2n) is 9.70. The average Bonchev–Trinajstić information content (AvgIpc) is 3.61. The van der Waals surface area contributed by atoms with Gasteiger partial charge in [0.1, 0.15) is 22.8 Å². The highest BCUT2D eigenvalue weighted by Crippen LogP contribution is 2.32. The van der Waals surface area contributed by atoms with Crippen molar-refractivity contribution in [1.82, 2.24) is 40.4 Å². The van der Waals surface area contributed by atoms with Crippen LogP contribution < -0.4 is 5.32 Å². The number of nitrogens with one attached hydrogen (secondary N) is 3. The first-order valence-electron chi connectivity index (χ1n) is 13.0. The molecule has 0 unspecified atom stereocenters. The van der Waals surface area contributed by atoms with Crippen molar-refractivity contribution in [2.45, 2.75) is 13.1 Å². The molecule has 0 aliphatic rings. The Morgan fingerprint density at radius 2 is 1.68 bits per heavy atom. The largest absolute Gasteiger partial charge is 0.508 e. The van der Waals surface area contributed by atoms with E-state index < -0.39 is 5.82 Å². The molecule has 5 aromatic heterocycles. The molecule has 0 aliphatic heterocycles. The van der Waals surface area contributed by atoms with Crippen molar-refractivity contribution in [3.63, 3.8) is 0 Å². The van der Waals surface area contributed by atoms with Gasteiger partial charge in [0.25, 0.3) is 0 Å². The fourth-order valence-electron chi connectivity index (χ4n) is 4.90. The first-order valence-corrected chi connectivity index (χ1v) is 13.0. The minimum Gasteiger partial charge on any atom is -0.508 e. The topological polar surface area (TPSA) is 128 Å². The van der Waals surface area contributed by atoms with Crippen LogP contribution in [0.3, 0.4) is 0 Å². The molecule has 0 aliphatic carbocycles. The van der Waals surface area contributed by atoms with Crippen molar-refractivity contribution in [2.75, 3.05) is 0 Å². The molecular weight excluding hydrogens is 519 g/mol. The summed E-state index contributed by atoms with van der Waals surface area (Å²) < 4.78 is 14.0. The molecule has 0 saturated carbocycles. The van der Waals surface area contributed by atoms with Gasteiger partial charge in [-0.05, 0) is 41.5 Å². The average molecular weight is 543 g/mol. The van der Waals surface area contributed by atoms with E-state index in [4.69, 9.17) is 4.98 Å². The monoisotopic (exact) mass is 542 g/mol. The summed E-state index contributed by atoms with van der Waals surface area (Å²) in [5.41, 5.74) is 7.41. The van der Waals surface area contributed by atoms with Gasteiger partial charge in [0.05, 0.1) is 28.6 Å². The third-order valence-corrected chi connectivity index (χ3v) is 6.82. The zero-order chi connectivity index (χ0) is 27.8. The lowest BCUT2D eigenvalue weighted by Crippen LogP contribution is -2.12. The Kier molecular flexibility index (Phi) is 6.14. The molecule has 0 radical (unpaired) electrons. The van der Waals surface area contributed by atoms with Crippen LogP contribution in [-0.2, 0) is 13.1 Å². The fourth-order valence-corrected chi connectivity index (χ4v) is 4.90. The van der Waals surface area contributed by atoms with E-state index in [2.05, 4.69) is 53.6 Å².